The molecule has 1 rings (SSSR count). The fraction of sp³-hybridized carbons (Fsp3) is 0. The molecule has 0 unspecified atom stereocenters. The van der Waals surface area contributed by atoms with Crippen LogP contribution in [0.15, 0.2) is 12.1 Å². The van der Waals surface area contributed by atoms with Gasteiger partial charge >= 0.3 is 5.97 Å². The van der Waals surface area contributed by atoms with Crippen molar-refractivity contribution in [1.29, 1.82) is 5.26 Å². The van der Waals surface area contributed by atoms with Crippen LogP contribution in [0, 0.1) is 20.7 Å². The van der Waals surface area contributed by atoms with Crippen molar-refractivity contribution in [2.45, 2.75) is 0 Å². The van der Waals surface area contributed by atoms with Gasteiger partial charge < -0.3 is 5.11 Å². The average molecular weight is 291 g/mol. The number of rotatable bonds is 1. The highest BCUT2D eigenvalue weighted by atomic mass is 127. The molecule has 5 heteroatoms. The van der Waals surface area contributed by atoms with E-state index in [4.69, 9.17) is 10.4 Å². The molecule has 0 fully saturated rings. The lowest BCUT2D eigenvalue weighted by Crippen LogP contribution is -2.03. The first-order chi connectivity index (χ1) is 6.07. The van der Waals surface area contributed by atoms with Crippen molar-refractivity contribution in [3.05, 3.63) is 32.6 Å². The lowest BCUT2D eigenvalue weighted by atomic mass is 10.1. The summed E-state index contributed by atoms with van der Waals surface area (Å²) < 4.78 is 13.6. The summed E-state index contributed by atoms with van der Waals surface area (Å²) in [5.74, 6) is -2.34. The van der Waals surface area contributed by atoms with E-state index in [1.807, 2.05) is 0 Å². The molecular formula is C8H3FINO2. The number of carbonyl (C=O) groups is 1. The van der Waals surface area contributed by atoms with Gasteiger partial charge in [0.2, 0.25) is 0 Å². The van der Waals surface area contributed by atoms with Crippen molar-refractivity contribution in [2.75, 3.05) is 0 Å². The van der Waals surface area contributed by atoms with Gasteiger partial charge in [0, 0.05) is 3.57 Å². The Kier molecular flexibility index (Phi) is 2.83. The molecule has 66 valence electrons. The van der Waals surface area contributed by atoms with Crippen LogP contribution in [0.4, 0.5) is 4.39 Å². The molecule has 0 saturated carbocycles. The molecule has 3 nitrogen and oxygen atoms in total. The van der Waals surface area contributed by atoms with E-state index in [0.29, 0.717) is 3.57 Å². The molecule has 0 atom stereocenters. The van der Waals surface area contributed by atoms with Gasteiger partial charge in [0.25, 0.3) is 0 Å². The molecule has 0 aliphatic carbocycles. The van der Waals surface area contributed by atoms with Crippen LogP contribution in [0.3, 0.4) is 0 Å². The quantitative estimate of drug-likeness (QED) is 0.805. The fourth-order valence-electron chi connectivity index (χ4n) is 0.820. The Morgan fingerprint density at radius 2 is 2.23 bits per heavy atom. The van der Waals surface area contributed by atoms with E-state index in [-0.39, 0.29) is 5.56 Å². The van der Waals surface area contributed by atoms with E-state index >= 15 is 0 Å². The topological polar surface area (TPSA) is 61.1 Å². The Balaban J connectivity index is 3.47. The number of carboxylic acids is 1. The second kappa shape index (κ2) is 3.70. The van der Waals surface area contributed by atoms with Crippen molar-refractivity contribution in [3.63, 3.8) is 0 Å². The first-order valence-electron chi connectivity index (χ1n) is 3.19. The van der Waals surface area contributed by atoms with Crippen molar-refractivity contribution in [1.82, 2.24) is 0 Å². The fourth-order valence-corrected chi connectivity index (χ4v) is 1.36. The zero-order valence-corrected chi connectivity index (χ0v) is 8.37. The summed E-state index contributed by atoms with van der Waals surface area (Å²) in [6, 6.07) is 4.15. The van der Waals surface area contributed by atoms with Crippen LogP contribution >= 0.6 is 22.6 Å². The second-order valence-electron chi connectivity index (χ2n) is 2.20. The molecule has 0 aromatic heterocycles. The Labute approximate surface area is 86.9 Å². The van der Waals surface area contributed by atoms with Gasteiger partial charge in [0.05, 0.1) is 5.56 Å². The summed E-state index contributed by atoms with van der Waals surface area (Å²) >= 11 is 1.77. The predicted octanol–water partition coefficient (Wildman–Crippen LogP) is 2.00. The Morgan fingerprint density at radius 3 is 2.69 bits per heavy atom. The number of carboxylic acid groups (broad SMARTS) is 1. The molecule has 0 radical (unpaired) electrons. The molecular weight excluding hydrogens is 288 g/mol. The standard InChI is InChI=1S/C8H3FINO2/c9-7-4(8(12)13)1-2-6(10)5(7)3-11/h1-2H,(H,12,13). The second-order valence-corrected chi connectivity index (χ2v) is 3.36. The van der Waals surface area contributed by atoms with E-state index in [2.05, 4.69) is 0 Å². The molecule has 0 saturated heterocycles. The summed E-state index contributed by atoms with van der Waals surface area (Å²) in [5, 5.41) is 17.0. The number of nitrogens with zero attached hydrogens (tertiary/aromatic N) is 1. The minimum absolute atomic E-state index is 0.222. The highest BCUT2D eigenvalue weighted by Gasteiger charge is 2.16. The van der Waals surface area contributed by atoms with E-state index in [1.54, 1.807) is 28.7 Å². The lowest BCUT2D eigenvalue weighted by Gasteiger charge is -2.00. The minimum atomic E-state index is -1.37. The van der Waals surface area contributed by atoms with E-state index in [0.717, 1.165) is 6.07 Å². The zero-order chi connectivity index (χ0) is 10.0. The van der Waals surface area contributed by atoms with Crippen LogP contribution in [-0.4, -0.2) is 11.1 Å². The predicted molar refractivity (Wildman–Crippen MR) is 50.8 cm³/mol. The molecule has 1 aromatic carbocycles. The lowest BCUT2D eigenvalue weighted by molar-refractivity contribution is 0.0692. The summed E-state index contributed by atoms with van der Waals surface area (Å²) in [5.41, 5.74) is -0.697. The van der Waals surface area contributed by atoms with Gasteiger partial charge in [-0.05, 0) is 34.7 Å². The molecule has 1 aromatic rings. The highest BCUT2D eigenvalue weighted by Crippen LogP contribution is 2.18. The average Bonchev–Trinajstić information content (AvgIpc) is 2.04. The van der Waals surface area contributed by atoms with Gasteiger partial charge in [-0.2, -0.15) is 5.26 Å². The van der Waals surface area contributed by atoms with Gasteiger partial charge in [0.1, 0.15) is 11.6 Å². The normalized spacial score (nSPS) is 9.31. The van der Waals surface area contributed by atoms with Gasteiger partial charge in [0.15, 0.2) is 5.82 Å². The van der Waals surface area contributed by atoms with E-state index in [9.17, 15) is 9.18 Å². The SMILES string of the molecule is N#Cc1c(I)ccc(C(=O)O)c1F. The van der Waals surface area contributed by atoms with Crippen molar-refractivity contribution in [2.24, 2.45) is 0 Å². The number of benzene rings is 1. The summed E-state index contributed by atoms with van der Waals surface area (Å²) in [6.07, 6.45) is 0. The van der Waals surface area contributed by atoms with Crippen LogP contribution in [0.5, 0.6) is 0 Å². The van der Waals surface area contributed by atoms with E-state index < -0.39 is 17.3 Å². The van der Waals surface area contributed by atoms with Crippen LogP contribution in [0.25, 0.3) is 0 Å². The van der Waals surface area contributed by atoms with Crippen LogP contribution in [0.1, 0.15) is 15.9 Å². The van der Waals surface area contributed by atoms with Crippen LogP contribution in [0.2, 0.25) is 0 Å². The van der Waals surface area contributed by atoms with Crippen molar-refractivity contribution < 1.29 is 14.3 Å². The summed E-state index contributed by atoms with van der Waals surface area (Å²) in [7, 11) is 0. The third-order valence-electron chi connectivity index (χ3n) is 1.43. The van der Waals surface area contributed by atoms with Crippen molar-refractivity contribution >= 4 is 28.6 Å². The summed E-state index contributed by atoms with van der Waals surface area (Å²) in [6.45, 7) is 0. The first kappa shape index (κ1) is 9.92. The Bertz CT molecular complexity index is 411. The smallest absolute Gasteiger partial charge is 0.338 e. The molecule has 13 heavy (non-hydrogen) atoms. The molecule has 0 heterocycles. The Morgan fingerprint density at radius 1 is 1.62 bits per heavy atom. The zero-order valence-electron chi connectivity index (χ0n) is 6.21. The van der Waals surface area contributed by atoms with E-state index in [1.165, 1.54) is 6.07 Å². The third kappa shape index (κ3) is 1.78. The number of hydrogen-bond donors (Lipinski definition) is 1. The maximum absolute atomic E-state index is 13.2. The first-order valence-corrected chi connectivity index (χ1v) is 4.27. The van der Waals surface area contributed by atoms with Gasteiger partial charge in [-0.15, -0.1) is 0 Å². The molecule has 0 bridgehead atoms. The van der Waals surface area contributed by atoms with Crippen LogP contribution in [-0.2, 0) is 0 Å². The molecule has 0 aliphatic rings. The minimum Gasteiger partial charge on any atom is -0.478 e. The van der Waals surface area contributed by atoms with Crippen molar-refractivity contribution in [3.8, 4) is 6.07 Å². The van der Waals surface area contributed by atoms with Gasteiger partial charge in [-0.25, -0.2) is 9.18 Å². The third-order valence-corrected chi connectivity index (χ3v) is 2.33. The maximum Gasteiger partial charge on any atom is 0.338 e. The van der Waals surface area contributed by atoms with Gasteiger partial charge in [-0.1, -0.05) is 0 Å². The van der Waals surface area contributed by atoms with Gasteiger partial charge in [-0.3, -0.25) is 0 Å². The Hall–Kier alpha value is -1.16. The molecule has 0 amide bonds. The summed E-state index contributed by atoms with van der Waals surface area (Å²) in [4.78, 5) is 10.4. The maximum atomic E-state index is 13.2. The highest BCUT2D eigenvalue weighted by molar-refractivity contribution is 14.1. The molecule has 0 spiro atoms. The molecule has 1 N–H and O–H groups in total. The number of nitriles is 1. The monoisotopic (exact) mass is 291 g/mol. The number of hydrogen-bond acceptors (Lipinski definition) is 2. The van der Waals surface area contributed by atoms with Crippen LogP contribution < -0.4 is 0 Å². The largest absolute Gasteiger partial charge is 0.478 e. The number of aromatic carboxylic acids is 1. The number of halogens is 2. The molecule has 0 aliphatic heterocycles.